The number of halogens is 1. The molecule has 41 heavy (non-hydrogen) atoms. The van der Waals surface area contributed by atoms with Gasteiger partial charge in [-0.1, -0.05) is 107 Å². The van der Waals surface area contributed by atoms with Crippen molar-refractivity contribution in [3.8, 4) is 0 Å². The average molecular weight is 632 g/mol. The first-order valence-corrected chi connectivity index (χ1v) is 15.3. The Morgan fingerprint density at radius 3 is 0.927 bits per heavy atom. The lowest BCUT2D eigenvalue weighted by Gasteiger charge is -2.36. The van der Waals surface area contributed by atoms with E-state index in [0.29, 0.717) is 85.9 Å². The molecule has 8 heteroatoms. The van der Waals surface area contributed by atoms with Gasteiger partial charge in [-0.05, 0) is 16.7 Å². The van der Waals surface area contributed by atoms with Crippen LogP contribution in [0.15, 0.2) is 91.0 Å². The highest BCUT2D eigenvalue weighted by Gasteiger charge is 2.37. The smallest absolute Gasteiger partial charge is 0.143 e. The number of hydrogen-bond acceptors (Lipinski definition) is 7. The second-order valence-corrected chi connectivity index (χ2v) is 9.78. The van der Waals surface area contributed by atoms with Crippen molar-refractivity contribution >= 4 is 15.9 Å². The van der Waals surface area contributed by atoms with Gasteiger partial charge in [0.25, 0.3) is 0 Å². The zero-order chi connectivity index (χ0) is 28.7. The molecule has 7 nitrogen and oxygen atoms in total. The van der Waals surface area contributed by atoms with Crippen LogP contribution in [0.5, 0.6) is 0 Å². The topological polar surface area (TPSA) is 64.6 Å². The minimum absolute atomic E-state index is 0.428. The molecule has 0 fully saturated rings. The van der Waals surface area contributed by atoms with Crippen LogP contribution in [-0.2, 0) is 38.8 Å². The first kappa shape index (κ1) is 33.4. The van der Waals surface area contributed by atoms with Crippen molar-refractivity contribution in [2.75, 3.05) is 91.2 Å². The molecule has 0 aliphatic carbocycles. The largest absolute Gasteiger partial charge is 0.378 e. The van der Waals surface area contributed by atoms with Gasteiger partial charge < -0.3 is 33.2 Å². The van der Waals surface area contributed by atoms with E-state index in [-0.39, 0.29) is 0 Å². The van der Waals surface area contributed by atoms with Gasteiger partial charge in [-0.15, -0.1) is 0 Å². The summed E-state index contributed by atoms with van der Waals surface area (Å²) in [5.74, 6) is 0. The van der Waals surface area contributed by atoms with Gasteiger partial charge in [0, 0.05) is 5.33 Å². The predicted molar refractivity (Wildman–Crippen MR) is 164 cm³/mol. The van der Waals surface area contributed by atoms with E-state index >= 15 is 0 Å². The van der Waals surface area contributed by atoms with Crippen LogP contribution in [0.3, 0.4) is 0 Å². The summed E-state index contributed by atoms with van der Waals surface area (Å²) in [7, 11) is 0. The summed E-state index contributed by atoms with van der Waals surface area (Å²) in [6.07, 6.45) is 0. The van der Waals surface area contributed by atoms with Gasteiger partial charge in [0.15, 0.2) is 0 Å². The summed E-state index contributed by atoms with van der Waals surface area (Å²) in [5, 5.41) is 0.839. The summed E-state index contributed by atoms with van der Waals surface area (Å²) in [6.45, 7) is 6.93. The van der Waals surface area contributed by atoms with Crippen LogP contribution in [0, 0.1) is 0 Å². The molecule has 0 atom stereocenters. The van der Waals surface area contributed by atoms with Gasteiger partial charge in [0.2, 0.25) is 0 Å². The van der Waals surface area contributed by atoms with Crippen LogP contribution >= 0.6 is 15.9 Å². The molecule has 0 amide bonds. The fourth-order valence-electron chi connectivity index (χ4n) is 4.28. The zero-order valence-corrected chi connectivity index (χ0v) is 25.4. The molecular weight excluding hydrogens is 588 g/mol. The maximum Gasteiger partial charge on any atom is 0.143 e. The Kier molecular flexibility index (Phi) is 17.5. The van der Waals surface area contributed by atoms with Gasteiger partial charge in [-0.3, -0.25) is 0 Å². The molecule has 0 heterocycles. The minimum atomic E-state index is -0.737. The van der Waals surface area contributed by atoms with Gasteiger partial charge in [-0.2, -0.15) is 0 Å². The first-order valence-electron chi connectivity index (χ1n) is 14.2. The monoisotopic (exact) mass is 630 g/mol. The molecule has 0 spiro atoms. The molecule has 0 aliphatic rings. The summed E-state index contributed by atoms with van der Waals surface area (Å²) >= 11 is 3.31. The normalized spacial score (nSPS) is 11.6. The third-order valence-corrected chi connectivity index (χ3v) is 6.49. The Labute approximate surface area is 253 Å². The van der Waals surface area contributed by atoms with Crippen molar-refractivity contribution in [3.63, 3.8) is 0 Å². The van der Waals surface area contributed by atoms with Gasteiger partial charge in [0.1, 0.15) is 5.60 Å². The molecule has 224 valence electrons. The Balaban J connectivity index is 1.29. The van der Waals surface area contributed by atoms with Crippen LogP contribution < -0.4 is 0 Å². The van der Waals surface area contributed by atoms with E-state index < -0.39 is 5.60 Å². The molecular formula is C33H43BrO7. The van der Waals surface area contributed by atoms with E-state index in [0.717, 1.165) is 22.0 Å². The third-order valence-electron chi connectivity index (χ3n) is 6.17. The van der Waals surface area contributed by atoms with Crippen molar-refractivity contribution in [1.29, 1.82) is 0 Å². The molecule has 0 radical (unpaired) electrons. The van der Waals surface area contributed by atoms with E-state index in [1.165, 1.54) is 0 Å². The SMILES string of the molecule is BrCCOCCOCCOCCOCCOCCOCCOC(c1ccccc1)(c1ccccc1)c1ccccc1. The fourth-order valence-corrected chi connectivity index (χ4v) is 4.51. The second-order valence-electron chi connectivity index (χ2n) is 8.99. The fraction of sp³-hybridized carbons (Fsp3) is 0.455. The van der Waals surface area contributed by atoms with Crippen molar-refractivity contribution in [3.05, 3.63) is 108 Å². The zero-order valence-electron chi connectivity index (χ0n) is 23.8. The van der Waals surface area contributed by atoms with E-state index in [1.807, 2.05) is 54.6 Å². The van der Waals surface area contributed by atoms with Crippen LogP contribution in [0.25, 0.3) is 0 Å². The number of alkyl halides is 1. The molecule has 0 aliphatic heterocycles. The molecule has 3 aromatic rings. The second kappa shape index (κ2) is 21.5. The van der Waals surface area contributed by atoms with E-state index in [4.69, 9.17) is 33.2 Å². The molecule has 3 rings (SSSR count). The number of benzene rings is 3. The Morgan fingerprint density at radius 1 is 0.366 bits per heavy atom. The van der Waals surface area contributed by atoms with Crippen molar-refractivity contribution in [2.24, 2.45) is 0 Å². The summed E-state index contributed by atoms with van der Waals surface area (Å²) in [4.78, 5) is 0. The lowest BCUT2D eigenvalue weighted by Crippen LogP contribution is -2.34. The number of ether oxygens (including phenoxy) is 7. The quantitative estimate of drug-likeness (QED) is 0.0737. The summed E-state index contributed by atoms with van der Waals surface area (Å²) in [6, 6.07) is 31.0. The molecule has 0 unspecified atom stereocenters. The highest BCUT2D eigenvalue weighted by Crippen LogP contribution is 2.40. The highest BCUT2D eigenvalue weighted by molar-refractivity contribution is 9.09. The van der Waals surface area contributed by atoms with Crippen LogP contribution in [0.2, 0.25) is 0 Å². The maximum absolute atomic E-state index is 6.71. The molecule has 3 aromatic carbocycles. The Hall–Kier alpha value is -2.14. The maximum atomic E-state index is 6.71. The molecule has 0 N–H and O–H groups in total. The highest BCUT2D eigenvalue weighted by atomic mass is 79.9. The average Bonchev–Trinajstić information content (AvgIpc) is 3.03. The predicted octanol–water partition coefficient (Wildman–Crippen LogP) is 5.49. The first-order chi connectivity index (χ1) is 20.4. The van der Waals surface area contributed by atoms with Crippen molar-refractivity contribution in [2.45, 2.75) is 5.60 Å². The Morgan fingerprint density at radius 2 is 0.634 bits per heavy atom. The van der Waals surface area contributed by atoms with E-state index in [1.54, 1.807) is 0 Å². The van der Waals surface area contributed by atoms with Crippen LogP contribution in [0.1, 0.15) is 16.7 Å². The van der Waals surface area contributed by atoms with Gasteiger partial charge in [0.05, 0.1) is 85.9 Å². The van der Waals surface area contributed by atoms with Gasteiger partial charge >= 0.3 is 0 Å². The molecule has 0 bridgehead atoms. The summed E-state index contributed by atoms with van der Waals surface area (Å²) < 4.78 is 39.9. The Bertz CT molecular complexity index is 911. The lowest BCUT2D eigenvalue weighted by molar-refractivity contribution is -0.0394. The van der Waals surface area contributed by atoms with E-state index in [2.05, 4.69) is 52.3 Å². The molecule has 0 aromatic heterocycles. The summed E-state index contributed by atoms with van der Waals surface area (Å²) in [5.41, 5.74) is 2.49. The third kappa shape index (κ3) is 12.3. The molecule has 0 saturated heterocycles. The van der Waals surface area contributed by atoms with Crippen molar-refractivity contribution < 1.29 is 33.2 Å². The van der Waals surface area contributed by atoms with Crippen LogP contribution in [-0.4, -0.2) is 91.2 Å². The standard InChI is InChI=1S/C33H43BrO7/c34-16-17-35-18-19-36-20-21-37-22-23-38-24-25-39-26-27-40-28-29-41-33(30-10-4-1-5-11-30,31-12-6-2-7-13-31)32-14-8-3-9-15-32/h1-15H,16-29H2. The van der Waals surface area contributed by atoms with E-state index in [9.17, 15) is 0 Å². The lowest BCUT2D eigenvalue weighted by atomic mass is 9.80. The number of hydrogen-bond donors (Lipinski definition) is 0. The van der Waals surface area contributed by atoms with Gasteiger partial charge in [-0.25, -0.2) is 0 Å². The van der Waals surface area contributed by atoms with Crippen LogP contribution in [0.4, 0.5) is 0 Å². The minimum Gasteiger partial charge on any atom is -0.378 e. The number of rotatable bonds is 24. The van der Waals surface area contributed by atoms with Crippen molar-refractivity contribution in [1.82, 2.24) is 0 Å². The molecule has 0 saturated carbocycles.